The average Bonchev–Trinajstić information content (AvgIpc) is 2.61. The van der Waals surface area contributed by atoms with E-state index in [2.05, 4.69) is 15.2 Å². The normalized spacial score (nSPS) is 16.2. The summed E-state index contributed by atoms with van der Waals surface area (Å²) in [5.41, 5.74) is 5.77. The summed E-state index contributed by atoms with van der Waals surface area (Å²) in [6.07, 6.45) is 2.08. The van der Waals surface area contributed by atoms with Crippen LogP contribution in [0.25, 0.3) is 0 Å². The zero-order valence-corrected chi connectivity index (χ0v) is 14.4. The third kappa shape index (κ3) is 4.92. The molecule has 1 aromatic heterocycles. The molecule has 24 heavy (non-hydrogen) atoms. The fraction of sp³-hybridized carbons (Fsp3) is 0.588. The maximum Gasteiger partial charge on any atom is 0.237 e. The van der Waals surface area contributed by atoms with Gasteiger partial charge in [-0.15, -0.1) is 0 Å². The van der Waals surface area contributed by atoms with E-state index in [1.807, 2.05) is 36.9 Å². The minimum absolute atomic E-state index is 0.0640. The van der Waals surface area contributed by atoms with E-state index in [0.29, 0.717) is 26.1 Å². The second-order valence-corrected chi connectivity index (χ2v) is 6.37. The lowest BCUT2D eigenvalue weighted by Gasteiger charge is -2.35. The summed E-state index contributed by atoms with van der Waals surface area (Å²) in [6.45, 7) is 7.02. The Bertz CT molecular complexity index is 541. The Labute approximate surface area is 143 Å². The van der Waals surface area contributed by atoms with Gasteiger partial charge in [-0.05, 0) is 18.1 Å². The van der Waals surface area contributed by atoms with E-state index >= 15 is 0 Å². The molecule has 0 spiro atoms. The van der Waals surface area contributed by atoms with E-state index in [-0.39, 0.29) is 17.7 Å². The molecule has 1 aliphatic heterocycles. The lowest BCUT2D eigenvalue weighted by Crippen LogP contribution is -2.50. The minimum atomic E-state index is -0.526. The van der Waals surface area contributed by atoms with Crippen molar-refractivity contribution in [2.45, 2.75) is 26.3 Å². The maximum atomic E-state index is 12.2. The number of nitrogens with zero attached hydrogens (tertiary/aromatic N) is 3. The number of hydrogen-bond donors (Lipinski definition) is 2. The SMILES string of the molecule is CC(C)[C@H](N)C(=O)NCCC(=O)N1CCN(c2ccccn2)CC1. The number of nitrogens with two attached hydrogens (primary N) is 1. The molecule has 1 saturated heterocycles. The van der Waals surface area contributed by atoms with Gasteiger partial charge < -0.3 is 20.9 Å². The molecule has 1 aromatic rings. The highest BCUT2D eigenvalue weighted by molar-refractivity contribution is 5.82. The highest BCUT2D eigenvalue weighted by Crippen LogP contribution is 2.12. The fourth-order valence-corrected chi connectivity index (χ4v) is 2.60. The van der Waals surface area contributed by atoms with E-state index in [4.69, 9.17) is 5.73 Å². The van der Waals surface area contributed by atoms with Gasteiger partial charge >= 0.3 is 0 Å². The van der Waals surface area contributed by atoms with Crippen molar-refractivity contribution in [2.24, 2.45) is 11.7 Å². The van der Waals surface area contributed by atoms with Gasteiger partial charge in [-0.25, -0.2) is 4.98 Å². The summed E-state index contributed by atoms with van der Waals surface area (Å²) in [5, 5.41) is 2.74. The van der Waals surface area contributed by atoms with Crippen molar-refractivity contribution in [3.63, 3.8) is 0 Å². The van der Waals surface area contributed by atoms with Crippen LogP contribution in [0, 0.1) is 5.92 Å². The molecule has 0 unspecified atom stereocenters. The Hall–Kier alpha value is -2.15. The van der Waals surface area contributed by atoms with Gasteiger partial charge in [0, 0.05) is 45.3 Å². The van der Waals surface area contributed by atoms with E-state index in [1.54, 1.807) is 6.20 Å². The second-order valence-electron chi connectivity index (χ2n) is 6.37. The third-order valence-electron chi connectivity index (χ3n) is 4.26. The molecule has 0 saturated carbocycles. The van der Waals surface area contributed by atoms with Crippen molar-refractivity contribution in [3.8, 4) is 0 Å². The molecule has 2 heterocycles. The second kappa shape index (κ2) is 8.63. The Kier molecular flexibility index (Phi) is 6.54. The third-order valence-corrected chi connectivity index (χ3v) is 4.26. The summed E-state index contributed by atoms with van der Waals surface area (Å²) in [7, 11) is 0. The number of pyridine rings is 1. The largest absolute Gasteiger partial charge is 0.354 e. The first-order chi connectivity index (χ1) is 11.5. The van der Waals surface area contributed by atoms with Gasteiger partial charge in [0.2, 0.25) is 11.8 Å². The van der Waals surface area contributed by atoms with Gasteiger partial charge in [0.15, 0.2) is 0 Å². The summed E-state index contributed by atoms with van der Waals surface area (Å²) < 4.78 is 0. The van der Waals surface area contributed by atoms with Gasteiger partial charge in [0.1, 0.15) is 5.82 Å². The molecule has 0 bridgehead atoms. The highest BCUT2D eigenvalue weighted by Gasteiger charge is 2.22. The zero-order valence-electron chi connectivity index (χ0n) is 14.4. The monoisotopic (exact) mass is 333 g/mol. The number of carbonyl (C=O) groups is 2. The first kappa shape index (κ1) is 18.2. The van der Waals surface area contributed by atoms with E-state index in [1.165, 1.54) is 0 Å². The van der Waals surface area contributed by atoms with Crippen molar-refractivity contribution < 1.29 is 9.59 Å². The Morgan fingerprint density at radius 2 is 1.96 bits per heavy atom. The summed E-state index contributed by atoms with van der Waals surface area (Å²) in [5.74, 6) is 0.895. The van der Waals surface area contributed by atoms with Crippen LogP contribution in [0.3, 0.4) is 0 Å². The van der Waals surface area contributed by atoms with Crippen LogP contribution in [0.1, 0.15) is 20.3 Å². The van der Waals surface area contributed by atoms with Crippen molar-refractivity contribution in [3.05, 3.63) is 24.4 Å². The molecule has 7 heteroatoms. The molecule has 0 aliphatic carbocycles. The molecule has 1 atom stereocenters. The number of nitrogens with one attached hydrogen (secondary N) is 1. The molecular formula is C17H27N5O2. The molecule has 2 rings (SSSR count). The Balaban J connectivity index is 1.70. The highest BCUT2D eigenvalue weighted by atomic mass is 16.2. The first-order valence-corrected chi connectivity index (χ1v) is 8.46. The molecule has 0 aromatic carbocycles. The molecule has 1 fully saturated rings. The number of carbonyl (C=O) groups excluding carboxylic acids is 2. The molecule has 3 N–H and O–H groups in total. The van der Waals surface area contributed by atoms with E-state index < -0.39 is 6.04 Å². The number of anilines is 1. The molecule has 132 valence electrons. The average molecular weight is 333 g/mol. The molecule has 2 amide bonds. The van der Waals surface area contributed by atoms with Gasteiger partial charge in [-0.3, -0.25) is 9.59 Å². The number of hydrogen-bond acceptors (Lipinski definition) is 5. The predicted octanol–water partition coefficient (Wildman–Crippen LogP) is 0.220. The van der Waals surface area contributed by atoms with E-state index in [0.717, 1.165) is 18.9 Å². The van der Waals surface area contributed by atoms with Crippen LogP contribution in [0.15, 0.2) is 24.4 Å². The molecule has 7 nitrogen and oxygen atoms in total. The van der Waals surface area contributed by atoms with Crippen molar-refractivity contribution >= 4 is 17.6 Å². The van der Waals surface area contributed by atoms with Gasteiger partial charge in [0.05, 0.1) is 6.04 Å². The topological polar surface area (TPSA) is 91.6 Å². The van der Waals surface area contributed by atoms with Crippen molar-refractivity contribution in [2.75, 3.05) is 37.6 Å². The fourth-order valence-electron chi connectivity index (χ4n) is 2.60. The number of aromatic nitrogens is 1. The quantitative estimate of drug-likeness (QED) is 0.777. The number of amides is 2. The van der Waals surface area contributed by atoms with Crippen LogP contribution in [0.2, 0.25) is 0 Å². The van der Waals surface area contributed by atoms with Crippen LogP contribution in [-0.2, 0) is 9.59 Å². The number of rotatable bonds is 6. The summed E-state index contributed by atoms with van der Waals surface area (Å²) in [6, 6.07) is 5.31. The van der Waals surface area contributed by atoms with E-state index in [9.17, 15) is 9.59 Å². The standard InChI is InChI=1S/C17H27N5O2/c1-13(2)16(18)17(24)20-8-6-15(23)22-11-9-21(10-12-22)14-5-3-4-7-19-14/h3-5,7,13,16H,6,8-12,18H2,1-2H3,(H,20,24)/t16-/m0/s1. The Morgan fingerprint density at radius 3 is 2.54 bits per heavy atom. The molecule has 0 radical (unpaired) electrons. The number of piperazine rings is 1. The lowest BCUT2D eigenvalue weighted by atomic mass is 10.1. The van der Waals surface area contributed by atoms with Crippen LogP contribution in [-0.4, -0.2) is 60.5 Å². The van der Waals surface area contributed by atoms with Crippen molar-refractivity contribution in [1.82, 2.24) is 15.2 Å². The molecular weight excluding hydrogens is 306 g/mol. The maximum absolute atomic E-state index is 12.2. The van der Waals surface area contributed by atoms with Crippen LogP contribution in [0.5, 0.6) is 0 Å². The van der Waals surface area contributed by atoms with Crippen LogP contribution < -0.4 is 16.0 Å². The minimum Gasteiger partial charge on any atom is -0.354 e. The first-order valence-electron chi connectivity index (χ1n) is 8.46. The smallest absolute Gasteiger partial charge is 0.237 e. The predicted molar refractivity (Wildman–Crippen MR) is 93.5 cm³/mol. The lowest BCUT2D eigenvalue weighted by molar-refractivity contribution is -0.131. The summed E-state index contributed by atoms with van der Waals surface area (Å²) in [4.78, 5) is 32.4. The summed E-state index contributed by atoms with van der Waals surface area (Å²) >= 11 is 0. The van der Waals surface area contributed by atoms with Gasteiger partial charge in [-0.2, -0.15) is 0 Å². The van der Waals surface area contributed by atoms with Gasteiger partial charge in [0.25, 0.3) is 0 Å². The van der Waals surface area contributed by atoms with Crippen LogP contribution in [0.4, 0.5) is 5.82 Å². The van der Waals surface area contributed by atoms with Crippen molar-refractivity contribution in [1.29, 1.82) is 0 Å². The molecule has 1 aliphatic rings. The van der Waals surface area contributed by atoms with Crippen LogP contribution >= 0.6 is 0 Å². The zero-order chi connectivity index (χ0) is 17.5. The van der Waals surface area contributed by atoms with Gasteiger partial charge in [-0.1, -0.05) is 19.9 Å². The Morgan fingerprint density at radius 1 is 1.25 bits per heavy atom.